The van der Waals surface area contributed by atoms with Gasteiger partial charge in [0.1, 0.15) is 0 Å². The molecule has 0 saturated heterocycles. The minimum absolute atomic E-state index is 0.0724. The lowest BCUT2D eigenvalue weighted by Gasteiger charge is -2.42. The molecule has 1 aromatic carbocycles. The summed E-state index contributed by atoms with van der Waals surface area (Å²) in [5.41, 5.74) is 1.16. The molecule has 0 fully saturated rings. The van der Waals surface area contributed by atoms with Crippen LogP contribution in [0.5, 0.6) is 0 Å². The van der Waals surface area contributed by atoms with E-state index in [1.165, 1.54) is 0 Å². The molecule has 1 aromatic rings. The third-order valence-corrected chi connectivity index (χ3v) is 16.3. The van der Waals surface area contributed by atoms with E-state index in [4.69, 9.17) is 8.85 Å². The Morgan fingerprint density at radius 2 is 1.39 bits per heavy atom. The molecular formula is C28H50O3Si2. The Morgan fingerprint density at radius 3 is 1.88 bits per heavy atom. The van der Waals surface area contributed by atoms with Gasteiger partial charge in [-0.05, 0) is 54.7 Å². The van der Waals surface area contributed by atoms with E-state index in [0.717, 1.165) is 12.0 Å². The van der Waals surface area contributed by atoms with Crippen LogP contribution in [0.25, 0.3) is 6.08 Å². The van der Waals surface area contributed by atoms with Crippen molar-refractivity contribution in [3.8, 4) is 0 Å². The molecule has 3 atom stereocenters. The van der Waals surface area contributed by atoms with Crippen LogP contribution in [0, 0.1) is 0 Å². The van der Waals surface area contributed by atoms with Crippen molar-refractivity contribution >= 4 is 22.7 Å². The average Bonchev–Trinajstić information content (AvgIpc) is 2.64. The Bertz CT molecular complexity index is 743. The largest absolute Gasteiger partial charge is 0.414 e. The van der Waals surface area contributed by atoms with Gasteiger partial charge in [0.15, 0.2) is 16.6 Å². The summed E-state index contributed by atoms with van der Waals surface area (Å²) in [5.74, 6) is 0. The van der Waals surface area contributed by atoms with Crippen molar-refractivity contribution in [1.82, 2.24) is 0 Å². The highest BCUT2D eigenvalue weighted by molar-refractivity contribution is 6.74. The van der Waals surface area contributed by atoms with Crippen LogP contribution in [0.2, 0.25) is 36.3 Å². The van der Waals surface area contributed by atoms with Gasteiger partial charge in [-0.15, -0.1) is 6.58 Å². The highest BCUT2D eigenvalue weighted by Gasteiger charge is 2.42. The summed E-state index contributed by atoms with van der Waals surface area (Å²) in [4.78, 5) is 0. The predicted octanol–water partition coefficient (Wildman–Crippen LogP) is 8.20. The molecule has 33 heavy (non-hydrogen) atoms. The Balaban J connectivity index is 3.25. The first-order valence-electron chi connectivity index (χ1n) is 12.4. The molecule has 5 heteroatoms. The van der Waals surface area contributed by atoms with Crippen LogP contribution in [0.4, 0.5) is 0 Å². The van der Waals surface area contributed by atoms with Crippen molar-refractivity contribution in [3.63, 3.8) is 0 Å². The molecule has 0 aromatic heterocycles. The number of rotatable bonds is 12. The summed E-state index contributed by atoms with van der Waals surface area (Å²) in [6.45, 7) is 26.6. The molecule has 1 N–H and O–H groups in total. The molecular weight excluding hydrogens is 440 g/mol. The maximum atomic E-state index is 10.6. The first-order valence-corrected chi connectivity index (χ1v) is 18.2. The minimum atomic E-state index is -2.01. The molecule has 0 aliphatic rings. The topological polar surface area (TPSA) is 38.7 Å². The van der Waals surface area contributed by atoms with Gasteiger partial charge in [-0.3, -0.25) is 0 Å². The molecule has 188 valence electrons. The zero-order valence-electron chi connectivity index (χ0n) is 22.9. The van der Waals surface area contributed by atoms with E-state index < -0.39 is 22.7 Å². The lowest BCUT2D eigenvalue weighted by atomic mass is 10.0. The molecule has 0 radical (unpaired) electrons. The van der Waals surface area contributed by atoms with Crippen molar-refractivity contribution in [2.45, 2.75) is 115 Å². The summed E-state index contributed by atoms with van der Waals surface area (Å²) >= 11 is 0. The fraction of sp³-hybridized carbons (Fsp3) is 0.643. The molecule has 0 heterocycles. The Kier molecular flexibility index (Phi) is 11.0. The summed E-state index contributed by atoms with van der Waals surface area (Å²) in [6, 6.07) is 10.4. The van der Waals surface area contributed by atoms with Gasteiger partial charge in [0.25, 0.3) is 0 Å². The van der Waals surface area contributed by atoms with Crippen LogP contribution < -0.4 is 0 Å². The van der Waals surface area contributed by atoms with E-state index in [0.29, 0.717) is 12.8 Å². The van der Waals surface area contributed by atoms with Crippen LogP contribution in [0.3, 0.4) is 0 Å². The minimum Gasteiger partial charge on any atom is -0.414 e. The van der Waals surface area contributed by atoms with Gasteiger partial charge in [0.2, 0.25) is 0 Å². The van der Waals surface area contributed by atoms with Crippen LogP contribution >= 0.6 is 0 Å². The van der Waals surface area contributed by atoms with Crippen molar-refractivity contribution in [2.24, 2.45) is 0 Å². The maximum Gasteiger partial charge on any atom is 0.192 e. The fourth-order valence-electron chi connectivity index (χ4n) is 3.14. The first kappa shape index (κ1) is 30.0. The van der Waals surface area contributed by atoms with E-state index in [9.17, 15) is 5.11 Å². The maximum absolute atomic E-state index is 10.6. The molecule has 0 aliphatic heterocycles. The van der Waals surface area contributed by atoms with Gasteiger partial charge in [-0.2, -0.15) is 0 Å². The number of hydrogen-bond acceptors (Lipinski definition) is 3. The molecule has 0 spiro atoms. The molecule has 1 rings (SSSR count). The fourth-order valence-corrected chi connectivity index (χ4v) is 5.81. The number of hydrogen-bond donors (Lipinski definition) is 1. The highest BCUT2D eigenvalue weighted by Crippen LogP contribution is 2.40. The lowest BCUT2D eigenvalue weighted by Crippen LogP contribution is -2.47. The van der Waals surface area contributed by atoms with Gasteiger partial charge in [-0.1, -0.05) is 90.1 Å². The van der Waals surface area contributed by atoms with E-state index >= 15 is 0 Å². The highest BCUT2D eigenvalue weighted by atomic mass is 28.4. The Labute approximate surface area is 206 Å². The van der Waals surface area contributed by atoms with Crippen molar-refractivity contribution in [3.05, 3.63) is 54.6 Å². The van der Waals surface area contributed by atoms with Crippen LogP contribution in [0.1, 0.15) is 66.4 Å². The summed E-state index contributed by atoms with van der Waals surface area (Å²) in [5, 5.41) is 10.8. The number of aliphatic hydroxyl groups excluding tert-OH is 1. The van der Waals surface area contributed by atoms with Crippen molar-refractivity contribution in [2.75, 3.05) is 0 Å². The average molecular weight is 491 g/mol. The van der Waals surface area contributed by atoms with E-state index in [-0.39, 0.29) is 22.3 Å². The second kappa shape index (κ2) is 12.1. The number of benzene rings is 1. The van der Waals surface area contributed by atoms with Crippen molar-refractivity contribution in [1.29, 1.82) is 0 Å². The zero-order chi connectivity index (χ0) is 25.5. The summed E-state index contributed by atoms with van der Waals surface area (Å²) in [7, 11) is -4.01. The van der Waals surface area contributed by atoms with Gasteiger partial charge in [-0.25, -0.2) is 0 Å². The monoisotopic (exact) mass is 490 g/mol. The van der Waals surface area contributed by atoms with Gasteiger partial charge in [0, 0.05) is 6.42 Å². The molecule has 0 aliphatic carbocycles. The van der Waals surface area contributed by atoms with E-state index in [2.05, 4.69) is 111 Å². The Hall–Kier alpha value is -0.986. The molecule has 0 saturated carbocycles. The number of aliphatic hydroxyl groups is 1. The quantitative estimate of drug-likeness (QED) is 0.237. The first-order chi connectivity index (χ1) is 15.0. The van der Waals surface area contributed by atoms with E-state index in [1.807, 2.05) is 6.07 Å². The SMILES string of the molecule is C=CC[C@@H](O)C[C@@H](C[C@H](/C=C/c1ccccc1)O[Si](C)(C)C(C)(C)C)O[Si](C)(C)C(C)(C)C. The second-order valence-corrected chi connectivity index (χ2v) is 21.8. The predicted molar refractivity (Wildman–Crippen MR) is 150 cm³/mol. The van der Waals surface area contributed by atoms with Crippen LogP contribution in [0.15, 0.2) is 49.1 Å². The second-order valence-electron chi connectivity index (χ2n) is 12.3. The zero-order valence-corrected chi connectivity index (χ0v) is 24.9. The van der Waals surface area contributed by atoms with E-state index in [1.54, 1.807) is 6.08 Å². The Morgan fingerprint density at radius 1 is 0.879 bits per heavy atom. The van der Waals surface area contributed by atoms with Gasteiger partial charge < -0.3 is 14.0 Å². The van der Waals surface area contributed by atoms with Crippen molar-refractivity contribution < 1.29 is 14.0 Å². The molecule has 0 amide bonds. The van der Waals surface area contributed by atoms with Crippen LogP contribution in [-0.2, 0) is 8.85 Å². The standard InChI is InChI=1S/C28H50O3Si2/c1-12-16-24(29)21-26(31-33(10,11)28(5,6)7)22-25(30-32(8,9)27(2,3)4)20-19-23-17-14-13-15-18-23/h12-15,17-20,24-26,29H,1,16,21-22H2,2-11H3/b20-19+/t24-,25+,26+/m1/s1. The van der Waals surface area contributed by atoms with Crippen LogP contribution in [-0.4, -0.2) is 40.1 Å². The summed E-state index contributed by atoms with van der Waals surface area (Å²) < 4.78 is 13.7. The lowest BCUT2D eigenvalue weighted by molar-refractivity contribution is 0.0611. The van der Waals surface area contributed by atoms with Gasteiger partial charge >= 0.3 is 0 Å². The smallest absolute Gasteiger partial charge is 0.192 e. The normalized spacial score (nSPS) is 16.6. The molecule has 3 nitrogen and oxygen atoms in total. The van der Waals surface area contributed by atoms with Gasteiger partial charge in [0.05, 0.1) is 18.3 Å². The third kappa shape index (κ3) is 10.0. The molecule has 0 unspecified atom stereocenters. The molecule has 0 bridgehead atoms. The summed E-state index contributed by atoms with van der Waals surface area (Å²) in [6.07, 6.45) is 7.43. The third-order valence-electron chi connectivity index (χ3n) is 7.29.